The Morgan fingerprint density at radius 3 is 2.58 bits per heavy atom. The average Bonchev–Trinajstić information content (AvgIpc) is 3.16. The fourth-order valence-corrected chi connectivity index (χ4v) is 4.17. The van der Waals surface area contributed by atoms with E-state index in [2.05, 4.69) is 15.4 Å². The Labute approximate surface area is 184 Å². The second-order valence-electron chi connectivity index (χ2n) is 6.76. The molecule has 2 heterocycles. The van der Waals surface area contributed by atoms with Crippen LogP contribution in [0.25, 0.3) is 23.1 Å². The molecule has 0 unspecified atom stereocenters. The van der Waals surface area contributed by atoms with E-state index >= 15 is 0 Å². The summed E-state index contributed by atoms with van der Waals surface area (Å²) in [6, 6.07) is 19.0. The van der Waals surface area contributed by atoms with Gasteiger partial charge in [0.15, 0.2) is 0 Å². The van der Waals surface area contributed by atoms with Crippen molar-refractivity contribution >= 4 is 46.6 Å². The van der Waals surface area contributed by atoms with E-state index in [1.54, 1.807) is 19.3 Å². The van der Waals surface area contributed by atoms with Crippen molar-refractivity contribution in [2.75, 3.05) is 7.05 Å². The minimum Gasteiger partial charge on any atom is -0.355 e. The number of nitrogens with one attached hydrogen (secondary N) is 1. The highest BCUT2D eigenvalue weighted by Gasteiger charge is 2.15. The lowest BCUT2D eigenvalue weighted by Gasteiger charge is -2.08. The van der Waals surface area contributed by atoms with Gasteiger partial charge >= 0.3 is 0 Å². The van der Waals surface area contributed by atoms with Crippen molar-refractivity contribution in [1.82, 2.24) is 20.1 Å². The third-order valence-electron chi connectivity index (χ3n) is 4.67. The normalized spacial score (nSPS) is 11.2. The maximum absolute atomic E-state index is 12.2. The number of aromatic nitrogens is 3. The average molecular weight is 429 g/mol. The zero-order valence-electron chi connectivity index (χ0n) is 17.1. The van der Waals surface area contributed by atoms with Gasteiger partial charge < -0.3 is 5.32 Å². The Hall–Kier alpha value is -3.71. The van der Waals surface area contributed by atoms with Gasteiger partial charge in [-0.1, -0.05) is 30.0 Å². The van der Waals surface area contributed by atoms with E-state index < -0.39 is 0 Å². The first-order chi connectivity index (χ1) is 15.1. The van der Waals surface area contributed by atoms with Crippen molar-refractivity contribution in [2.45, 2.75) is 16.7 Å². The van der Waals surface area contributed by atoms with E-state index in [1.165, 1.54) is 23.4 Å². The van der Waals surface area contributed by atoms with Crippen molar-refractivity contribution in [2.24, 2.45) is 0 Å². The molecule has 0 bridgehead atoms. The Kier molecular flexibility index (Phi) is 5.95. The van der Waals surface area contributed by atoms with Crippen LogP contribution in [0.1, 0.15) is 33.5 Å². The number of nitrogens with zero attached hydrogens (tertiary/aromatic N) is 3. The van der Waals surface area contributed by atoms with Gasteiger partial charge in [-0.05, 0) is 54.6 Å². The summed E-state index contributed by atoms with van der Waals surface area (Å²) in [4.78, 5) is 30.4. The molecule has 0 aliphatic heterocycles. The largest absolute Gasteiger partial charge is 0.355 e. The standard InChI is InChI=1S/C24H20N4O2S/c1-16(29)28-22-15-18(31-23-9-4-3-8-20(23)24(30)25-2)11-12-19(22)21(27-28)13-10-17-7-5-6-14-26-17/h3-15H,1-2H3,(H,25,30)/b13-10+. The van der Waals surface area contributed by atoms with Gasteiger partial charge in [-0.25, -0.2) is 0 Å². The molecule has 0 fully saturated rings. The van der Waals surface area contributed by atoms with Gasteiger partial charge in [0, 0.05) is 35.3 Å². The number of benzene rings is 2. The number of carbonyl (C=O) groups excluding carboxylic acids is 2. The summed E-state index contributed by atoms with van der Waals surface area (Å²) < 4.78 is 1.40. The zero-order chi connectivity index (χ0) is 21.8. The SMILES string of the molecule is CNC(=O)c1ccccc1Sc1ccc2c(/C=C/c3ccccn3)nn(C(C)=O)c2c1. The zero-order valence-corrected chi connectivity index (χ0v) is 17.9. The number of hydrogen-bond donors (Lipinski definition) is 1. The summed E-state index contributed by atoms with van der Waals surface area (Å²) in [7, 11) is 1.61. The van der Waals surface area contributed by atoms with Crippen LogP contribution in [0.4, 0.5) is 0 Å². The highest BCUT2D eigenvalue weighted by molar-refractivity contribution is 7.99. The summed E-state index contributed by atoms with van der Waals surface area (Å²) >= 11 is 1.47. The van der Waals surface area contributed by atoms with E-state index in [0.29, 0.717) is 11.3 Å². The molecule has 6 nitrogen and oxygen atoms in total. The van der Waals surface area contributed by atoms with Gasteiger partial charge in [-0.3, -0.25) is 14.6 Å². The van der Waals surface area contributed by atoms with Crippen molar-refractivity contribution in [1.29, 1.82) is 0 Å². The Morgan fingerprint density at radius 1 is 1.03 bits per heavy atom. The molecule has 0 saturated heterocycles. The predicted octanol–water partition coefficient (Wildman–Crippen LogP) is 4.77. The Morgan fingerprint density at radius 2 is 1.84 bits per heavy atom. The molecule has 0 aliphatic carbocycles. The van der Waals surface area contributed by atoms with Crippen molar-refractivity contribution in [3.8, 4) is 0 Å². The molecule has 4 rings (SSSR count). The lowest BCUT2D eigenvalue weighted by molar-refractivity contribution is 0.0924. The van der Waals surface area contributed by atoms with Crippen LogP contribution in [-0.2, 0) is 0 Å². The molecule has 7 heteroatoms. The van der Waals surface area contributed by atoms with Gasteiger partial charge in [-0.2, -0.15) is 9.78 Å². The van der Waals surface area contributed by atoms with Crippen LogP contribution >= 0.6 is 11.8 Å². The quantitative estimate of drug-likeness (QED) is 0.495. The Bertz CT molecular complexity index is 1300. The number of pyridine rings is 1. The number of hydrogen-bond acceptors (Lipinski definition) is 5. The molecule has 2 aromatic heterocycles. The van der Waals surface area contributed by atoms with E-state index in [4.69, 9.17) is 0 Å². The lowest BCUT2D eigenvalue weighted by atomic mass is 10.2. The first-order valence-corrected chi connectivity index (χ1v) is 10.5. The van der Waals surface area contributed by atoms with Crippen LogP contribution in [0.2, 0.25) is 0 Å². The van der Waals surface area contributed by atoms with Gasteiger partial charge in [0.2, 0.25) is 5.91 Å². The predicted molar refractivity (Wildman–Crippen MR) is 123 cm³/mol. The second kappa shape index (κ2) is 8.97. The molecular formula is C24H20N4O2S. The lowest BCUT2D eigenvalue weighted by Crippen LogP contribution is -2.18. The van der Waals surface area contributed by atoms with E-state index in [9.17, 15) is 9.59 Å². The first-order valence-electron chi connectivity index (χ1n) is 9.68. The molecule has 0 atom stereocenters. The summed E-state index contributed by atoms with van der Waals surface area (Å²) in [6.07, 6.45) is 5.46. The van der Waals surface area contributed by atoms with Crippen LogP contribution in [0.3, 0.4) is 0 Å². The highest BCUT2D eigenvalue weighted by Crippen LogP contribution is 2.33. The van der Waals surface area contributed by atoms with Gasteiger partial charge in [0.1, 0.15) is 0 Å². The molecule has 4 aromatic rings. The molecule has 1 amide bonds. The van der Waals surface area contributed by atoms with E-state index in [0.717, 1.165) is 26.4 Å². The third kappa shape index (κ3) is 4.41. The number of rotatable bonds is 5. The highest BCUT2D eigenvalue weighted by atomic mass is 32.2. The van der Waals surface area contributed by atoms with Crippen LogP contribution in [0.5, 0.6) is 0 Å². The summed E-state index contributed by atoms with van der Waals surface area (Å²) in [5, 5.41) is 8.03. The number of amides is 1. The fourth-order valence-electron chi connectivity index (χ4n) is 3.19. The molecule has 0 spiro atoms. The maximum atomic E-state index is 12.2. The van der Waals surface area contributed by atoms with E-state index in [-0.39, 0.29) is 11.8 Å². The molecule has 0 radical (unpaired) electrons. The first kappa shape index (κ1) is 20.6. The monoisotopic (exact) mass is 428 g/mol. The van der Waals surface area contributed by atoms with Crippen LogP contribution in [0, 0.1) is 0 Å². The minimum atomic E-state index is -0.171. The van der Waals surface area contributed by atoms with Crippen LogP contribution in [-0.4, -0.2) is 33.6 Å². The molecule has 0 aliphatic rings. The van der Waals surface area contributed by atoms with Gasteiger partial charge in [0.25, 0.3) is 5.91 Å². The Balaban J connectivity index is 1.73. The number of carbonyl (C=O) groups is 2. The minimum absolute atomic E-state index is 0.139. The van der Waals surface area contributed by atoms with Gasteiger partial charge in [0.05, 0.1) is 22.5 Å². The summed E-state index contributed by atoms with van der Waals surface area (Å²) in [5.74, 6) is -0.310. The van der Waals surface area contributed by atoms with Crippen molar-refractivity contribution < 1.29 is 9.59 Å². The molecular weight excluding hydrogens is 408 g/mol. The molecule has 1 N–H and O–H groups in total. The molecule has 154 valence electrons. The van der Waals surface area contributed by atoms with E-state index in [1.807, 2.05) is 66.7 Å². The smallest absolute Gasteiger partial charge is 0.252 e. The third-order valence-corrected chi connectivity index (χ3v) is 5.73. The van der Waals surface area contributed by atoms with Crippen LogP contribution < -0.4 is 5.32 Å². The topological polar surface area (TPSA) is 76.9 Å². The fraction of sp³-hybridized carbons (Fsp3) is 0.0833. The summed E-state index contributed by atoms with van der Waals surface area (Å²) in [5.41, 5.74) is 2.83. The second-order valence-corrected chi connectivity index (χ2v) is 7.88. The van der Waals surface area contributed by atoms with Crippen molar-refractivity contribution in [3.05, 3.63) is 83.8 Å². The molecule has 31 heavy (non-hydrogen) atoms. The molecule has 2 aromatic carbocycles. The molecule has 0 saturated carbocycles. The number of fused-ring (bicyclic) bond motifs is 1. The van der Waals surface area contributed by atoms with Crippen molar-refractivity contribution in [3.63, 3.8) is 0 Å². The van der Waals surface area contributed by atoms with Crippen LogP contribution in [0.15, 0.2) is 76.7 Å². The summed E-state index contributed by atoms with van der Waals surface area (Å²) in [6.45, 7) is 1.49. The maximum Gasteiger partial charge on any atom is 0.252 e. The van der Waals surface area contributed by atoms with Gasteiger partial charge in [-0.15, -0.1) is 0 Å².